The van der Waals surface area contributed by atoms with Crippen LogP contribution < -0.4 is 5.32 Å². The summed E-state index contributed by atoms with van der Waals surface area (Å²) in [6.45, 7) is 3.31. The van der Waals surface area contributed by atoms with Gasteiger partial charge in [-0.2, -0.15) is 0 Å². The molecule has 1 nitrogen and oxygen atoms in total. The van der Waals surface area contributed by atoms with Gasteiger partial charge in [0.15, 0.2) is 0 Å². The van der Waals surface area contributed by atoms with Gasteiger partial charge in [0.1, 0.15) is 0 Å². The Morgan fingerprint density at radius 1 is 1.14 bits per heavy atom. The molecule has 0 amide bonds. The molecule has 2 unspecified atom stereocenters. The molecule has 2 rings (SSSR count). The van der Waals surface area contributed by atoms with Crippen molar-refractivity contribution in [3.63, 3.8) is 0 Å². The molecule has 118 valence electrons. The van der Waals surface area contributed by atoms with Crippen molar-refractivity contribution in [3.05, 3.63) is 33.8 Å². The summed E-state index contributed by atoms with van der Waals surface area (Å²) in [5, 5.41) is 5.22. The minimum atomic E-state index is 0.693. The highest BCUT2D eigenvalue weighted by Gasteiger charge is 2.17. The number of hydrogen-bond acceptors (Lipinski definition) is 1. The van der Waals surface area contributed by atoms with Crippen LogP contribution in [0.4, 0.5) is 0 Å². The van der Waals surface area contributed by atoms with Gasteiger partial charge in [0.05, 0.1) is 0 Å². The van der Waals surface area contributed by atoms with E-state index in [1.54, 1.807) is 0 Å². The topological polar surface area (TPSA) is 12.0 Å². The summed E-state index contributed by atoms with van der Waals surface area (Å²) in [7, 11) is 0. The Balaban J connectivity index is 1.73. The van der Waals surface area contributed by atoms with Gasteiger partial charge in [-0.1, -0.05) is 61.9 Å². The first-order valence-corrected chi connectivity index (χ1v) is 9.12. The zero-order valence-electron chi connectivity index (χ0n) is 13.0. The fourth-order valence-electron chi connectivity index (χ4n) is 3.41. The van der Waals surface area contributed by atoms with E-state index >= 15 is 0 Å². The predicted molar refractivity (Wildman–Crippen MR) is 93.4 cm³/mol. The van der Waals surface area contributed by atoms with Crippen LogP contribution >= 0.6 is 23.2 Å². The summed E-state index contributed by atoms with van der Waals surface area (Å²) in [5.74, 6) is 0.965. The molecule has 3 heteroatoms. The summed E-state index contributed by atoms with van der Waals surface area (Å²) in [6.07, 6.45) is 10.6. The van der Waals surface area contributed by atoms with Gasteiger partial charge in [-0.05, 0) is 55.8 Å². The van der Waals surface area contributed by atoms with Crippen molar-refractivity contribution in [2.75, 3.05) is 6.54 Å². The number of benzene rings is 1. The summed E-state index contributed by atoms with van der Waals surface area (Å²) < 4.78 is 0. The van der Waals surface area contributed by atoms with E-state index in [4.69, 9.17) is 23.2 Å². The number of nitrogens with one attached hydrogen (secondary N) is 1. The van der Waals surface area contributed by atoms with Crippen LogP contribution in [0, 0.1) is 5.92 Å². The van der Waals surface area contributed by atoms with Gasteiger partial charge in [-0.15, -0.1) is 0 Å². The molecule has 0 spiro atoms. The van der Waals surface area contributed by atoms with Crippen LogP contribution in [0.3, 0.4) is 0 Å². The second-order valence-electron chi connectivity index (χ2n) is 6.30. The minimum Gasteiger partial charge on any atom is -0.314 e. The molecule has 0 radical (unpaired) electrons. The molecule has 1 saturated carbocycles. The van der Waals surface area contributed by atoms with E-state index in [0.717, 1.165) is 23.9 Å². The lowest BCUT2D eigenvalue weighted by Crippen LogP contribution is -2.30. The molecular formula is C18H27Cl2N. The Kier molecular flexibility index (Phi) is 7.36. The van der Waals surface area contributed by atoms with Gasteiger partial charge in [0.2, 0.25) is 0 Å². The Hall–Kier alpha value is -0.240. The average molecular weight is 328 g/mol. The van der Waals surface area contributed by atoms with Crippen LogP contribution in [0.15, 0.2) is 18.2 Å². The first-order chi connectivity index (χ1) is 10.2. The van der Waals surface area contributed by atoms with E-state index in [1.165, 1.54) is 50.5 Å². The molecule has 2 atom stereocenters. The zero-order chi connectivity index (χ0) is 15.1. The summed E-state index contributed by atoms with van der Waals surface area (Å²) >= 11 is 12.1. The second-order valence-corrected chi connectivity index (χ2v) is 7.14. The third kappa shape index (κ3) is 5.81. The molecule has 1 aromatic rings. The molecule has 21 heavy (non-hydrogen) atoms. The van der Waals surface area contributed by atoms with Crippen LogP contribution in [0.1, 0.15) is 57.4 Å². The van der Waals surface area contributed by atoms with Crippen molar-refractivity contribution >= 4 is 23.2 Å². The lowest BCUT2D eigenvalue weighted by molar-refractivity contribution is 0.411. The van der Waals surface area contributed by atoms with Crippen LogP contribution in [-0.4, -0.2) is 12.6 Å². The van der Waals surface area contributed by atoms with Crippen molar-refractivity contribution in [1.82, 2.24) is 5.32 Å². The van der Waals surface area contributed by atoms with Crippen molar-refractivity contribution in [3.8, 4) is 0 Å². The monoisotopic (exact) mass is 327 g/mol. The molecule has 0 bridgehead atoms. The largest absolute Gasteiger partial charge is 0.314 e. The quantitative estimate of drug-likeness (QED) is 0.644. The maximum atomic E-state index is 6.22. The standard InChI is InChI=1S/C18H27Cl2N/c1-2-4-14-5-3-6-17(10-7-14)21-12-11-15-8-9-16(19)13-18(15)20/h8-9,13-14,17,21H,2-7,10-12H2,1H3. The Labute approximate surface area is 139 Å². The van der Waals surface area contributed by atoms with Crippen molar-refractivity contribution in [1.29, 1.82) is 0 Å². The highest BCUT2D eigenvalue weighted by atomic mass is 35.5. The summed E-state index contributed by atoms with van der Waals surface area (Å²) in [4.78, 5) is 0. The molecule has 0 heterocycles. The second kappa shape index (κ2) is 9.02. The van der Waals surface area contributed by atoms with E-state index in [2.05, 4.69) is 12.2 Å². The zero-order valence-corrected chi connectivity index (χ0v) is 14.5. The predicted octanol–water partition coefficient (Wildman–Crippen LogP) is 5.87. The summed E-state index contributed by atoms with van der Waals surface area (Å²) in [6, 6.07) is 6.48. The maximum absolute atomic E-state index is 6.22. The third-order valence-corrected chi connectivity index (χ3v) is 5.21. The molecule has 1 N–H and O–H groups in total. The molecule has 0 aliphatic heterocycles. The molecule has 1 aliphatic carbocycles. The molecule has 0 saturated heterocycles. The van der Waals surface area contributed by atoms with Crippen molar-refractivity contribution in [2.45, 2.75) is 64.3 Å². The van der Waals surface area contributed by atoms with Crippen LogP contribution in [0.5, 0.6) is 0 Å². The molecule has 1 fully saturated rings. The number of rotatable bonds is 6. The van der Waals surface area contributed by atoms with Crippen LogP contribution in [-0.2, 0) is 6.42 Å². The fraction of sp³-hybridized carbons (Fsp3) is 0.667. The molecular weight excluding hydrogens is 301 g/mol. The van der Waals surface area contributed by atoms with Crippen molar-refractivity contribution < 1.29 is 0 Å². The van der Waals surface area contributed by atoms with Crippen LogP contribution in [0.25, 0.3) is 0 Å². The first-order valence-electron chi connectivity index (χ1n) is 8.36. The molecule has 0 aromatic heterocycles. The maximum Gasteiger partial charge on any atom is 0.0453 e. The Morgan fingerprint density at radius 3 is 2.76 bits per heavy atom. The summed E-state index contributed by atoms with van der Waals surface area (Å²) in [5.41, 5.74) is 1.19. The Morgan fingerprint density at radius 2 is 2.00 bits per heavy atom. The normalized spacial score (nSPS) is 23.0. The third-order valence-electron chi connectivity index (χ3n) is 4.63. The highest BCUT2D eigenvalue weighted by molar-refractivity contribution is 6.35. The van der Waals surface area contributed by atoms with Crippen molar-refractivity contribution in [2.24, 2.45) is 5.92 Å². The lowest BCUT2D eigenvalue weighted by atomic mass is 9.95. The van der Waals surface area contributed by atoms with Gasteiger partial charge in [0, 0.05) is 16.1 Å². The minimum absolute atomic E-state index is 0.693. The smallest absolute Gasteiger partial charge is 0.0453 e. The van der Waals surface area contributed by atoms with Gasteiger partial charge < -0.3 is 5.32 Å². The van der Waals surface area contributed by atoms with E-state index in [0.29, 0.717) is 11.1 Å². The number of halogens is 2. The fourth-order valence-corrected chi connectivity index (χ4v) is 3.92. The van der Waals surface area contributed by atoms with E-state index in [1.807, 2.05) is 18.2 Å². The molecule has 1 aliphatic rings. The lowest BCUT2D eigenvalue weighted by Gasteiger charge is -2.17. The van der Waals surface area contributed by atoms with Gasteiger partial charge in [-0.25, -0.2) is 0 Å². The average Bonchev–Trinajstić information content (AvgIpc) is 2.67. The van der Waals surface area contributed by atoms with Gasteiger partial charge >= 0.3 is 0 Å². The highest BCUT2D eigenvalue weighted by Crippen LogP contribution is 2.27. The molecule has 1 aromatic carbocycles. The van der Waals surface area contributed by atoms with Crippen LogP contribution in [0.2, 0.25) is 10.0 Å². The first kappa shape index (κ1) is 17.1. The van der Waals surface area contributed by atoms with Gasteiger partial charge in [-0.3, -0.25) is 0 Å². The van der Waals surface area contributed by atoms with E-state index in [9.17, 15) is 0 Å². The van der Waals surface area contributed by atoms with E-state index < -0.39 is 0 Å². The number of hydrogen-bond donors (Lipinski definition) is 1. The van der Waals surface area contributed by atoms with Gasteiger partial charge in [0.25, 0.3) is 0 Å². The SMILES string of the molecule is CCCC1CCCC(NCCc2ccc(Cl)cc2Cl)CC1. The van der Waals surface area contributed by atoms with E-state index in [-0.39, 0.29) is 0 Å². The Bertz CT molecular complexity index is 433.